The molecule has 1 aromatic heterocycles. The normalized spacial score (nSPS) is 19.2. The predicted molar refractivity (Wildman–Crippen MR) is 127 cm³/mol. The van der Waals surface area contributed by atoms with Gasteiger partial charge in [0.1, 0.15) is 0 Å². The molecule has 30 heavy (non-hydrogen) atoms. The minimum Gasteiger partial charge on any atom is -0.294 e. The van der Waals surface area contributed by atoms with Gasteiger partial charge in [0.15, 0.2) is 0 Å². The van der Waals surface area contributed by atoms with Gasteiger partial charge in [0.25, 0.3) is 0 Å². The Labute approximate surface area is 185 Å². The lowest BCUT2D eigenvalue weighted by molar-refractivity contribution is 0.112. The highest BCUT2D eigenvalue weighted by Crippen LogP contribution is 2.41. The number of aromatic nitrogens is 1. The number of hydrogen-bond acceptors (Lipinski definition) is 4. The Hall–Kier alpha value is -2.76. The largest absolute Gasteiger partial charge is 0.294 e. The van der Waals surface area contributed by atoms with Gasteiger partial charge in [0, 0.05) is 36.9 Å². The van der Waals surface area contributed by atoms with E-state index in [4.69, 9.17) is 0 Å². The Balaban J connectivity index is 1.40. The molecule has 0 radical (unpaired) electrons. The standard InChI is InChI=1S/C25H23BrN4/c26-24-17-19-7-1-2-9-21(19)25(23-11-4-3-10-22(23)24)29-13-15-30(16-14-29)28-18-20-8-5-6-12-27-20/h1-12,17-18,25H,13-16H2/b28-18+. The van der Waals surface area contributed by atoms with E-state index in [1.54, 1.807) is 6.20 Å². The van der Waals surface area contributed by atoms with E-state index in [-0.39, 0.29) is 6.04 Å². The second-order valence-corrected chi connectivity index (χ2v) is 8.45. The van der Waals surface area contributed by atoms with Gasteiger partial charge in [-0.15, -0.1) is 0 Å². The lowest BCUT2D eigenvalue weighted by Gasteiger charge is -2.39. The first kappa shape index (κ1) is 19.2. The highest BCUT2D eigenvalue weighted by atomic mass is 79.9. The second kappa shape index (κ2) is 8.54. The van der Waals surface area contributed by atoms with Crippen LogP contribution in [0.3, 0.4) is 0 Å². The summed E-state index contributed by atoms with van der Waals surface area (Å²) in [5.41, 5.74) is 6.17. The second-order valence-electron chi connectivity index (χ2n) is 7.60. The van der Waals surface area contributed by atoms with Crippen molar-refractivity contribution in [3.63, 3.8) is 0 Å². The molecule has 2 aromatic carbocycles. The molecule has 150 valence electrons. The summed E-state index contributed by atoms with van der Waals surface area (Å²) in [6, 6.07) is 23.6. The smallest absolute Gasteiger partial charge is 0.0830 e. The van der Waals surface area contributed by atoms with Crippen molar-refractivity contribution in [1.82, 2.24) is 14.9 Å². The van der Waals surface area contributed by atoms with Gasteiger partial charge in [-0.25, -0.2) is 0 Å². The van der Waals surface area contributed by atoms with Gasteiger partial charge in [-0.05, 0) is 40.5 Å². The molecule has 4 nitrogen and oxygen atoms in total. The summed E-state index contributed by atoms with van der Waals surface area (Å²) in [7, 11) is 0. The molecular weight excluding hydrogens is 436 g/mol. The zero-order valence-electron chi connectivity index (χ0n) is 16.7. The number of nitrogens with zero attached hydrogens (tertiary/aromatic N) is 4. The third-order valence-electron chi connectivity index (χ3n) is 5.78. The predicted octanol–water partition coefficient (Wildman–Crippen LogP) is 5.03. The molecule has 0 spiro atoms. The van der Waals surface area contributed by atoms with Gasteiger partial charge < -0.3 is 0 Å². The summed E-state index contributed by atoms with van der Waals surface area (Å²) >= 11 is 3.82. The van der Waals surface area contributed by atoms with Crippen LogP contribution in [0, 0.1) is 0 Å². The van der Waals surface area contributed by atoms with Crippen molar-refractivity contribution in [2.45, 2.75) is 6.04 Å². The van der Waals surface area contributed by atoms with Crippen LogP contribution in [0.5, 0.6) is 0 Å². The molecular formula is C25H23BrN4. The quantitative estimate of drug-likeness (QED) is 0.515. The summed E-state index contributed by atoms with van der Waals surface area (Å²) < 4.78 is 1.15. The third-order valence-corrected chi connectivity index (χ3v) is 6.44. The van der Waals surface area contributed by atoms with Crippen molar-refractivity contribution in [3.05, 3.63) is 101 Å². The first-order valence-corrected chi connectivity index (χ1v) is 11.1. The lowest BCUT2D eigenvalue weighted by atomic mass is 9.92. The van der Waals surface area contributed by atoms with E-state index in [2.05, 4.69) is 90.5 Å². The van der Waals surface area contributed by atoms with Crippen LogP contribution in [0.25, 0.3) is 10.6 Å². The SMILES string of the molecule is BrC1=Cc2ccccc2C(N2CCN(/N=C/c3ccccn3)CC2)c2ccccc21. The molecule has 5 heteroatoms. The van der Waals surface area contributed by atoms with Crippen LogP contribution < -0.4 is 0 Å². The van der Waals surface area contributed by atoms with Crippen LogP contribution in [0.4, 0.5) is 0 Å². The number of halogens is 1. The molecule has 1 atom stereocenters. The number of hydrogen-bond donors (Lipinski definition) is 0. The minimum atomic E-state index is 0.241. The lowest BCUT2D eigenvalue weighted by Crippen LogP contribution is -2.46. The van der Waals surface area contributed by atoms with Gasteiger partial charge in [-0.3, -0.25) is 14.9 Å². The molecule has 0 bridgehead atoms. The van der Waals surface area contributed by atoms with Crippen LogP contribution in [-0.2, 0) is 0 Å². The Morgan fingerprint density at radius 2 is 1.60 bits per heavy atom. The number of hydrazone groups is 1. The number of fused-ring (bicyclic) bond motifs is 2. The van der Waals surface area contributed by atoms with E-state index in [1.807, 2.05) is 24.4 Å². The molecule has 0 saturated carbocycles. The Morgan fingerprint density at radius 3 is 2.40 bits per heavy atom. The molecule has 0 amide bonds. The number of pyridine rings is 1. The van der Waals surface area contributed by atoms with Gasteiger partial charge >= 0.3 is 0 Å². The van der Waals surface area contributed by atoms with E-state index in [0.717, 1.165) is 36.4 Å². The van der Waals surface area contributed by atoms with Gasteiger partial charge in [-0.2, -0.15) is 5.10 Å². The van der Waals surface area contributed by atoms with Crippen molar-refractivity contribution in [2.24, 2.45) is 5.10 Å². The molecule has 5 rings (SSSR count). The minimum absolute atomic E-state index is 0.241. The van der Waals surface area contributed by atoms with E-state index in [1.165, 1.54) is 22.3 Å². The number of benzene rings is 2. The zero-order valence-corrected chi connectivity index (χ0v) is 18.2. The monoisotopic (exact) mass is 458 g/mol. The fourth-order valence-corrected chi connectivity index (χ4v) is 4.91. The Kier molecular flexibility index (Phi) is 5.47. The molecule has 2 heterocycles. The van der Waals surface area contributed by atoms with E-state index in [9.17, 15) is 0 Å². The molecule has 1 aliphatic heterocycles. The number of rotatable bonds is 3. The summed E-state index contributed by atoms with van der Waals surface area (Å²) in [6.45, 7) is 3.73. The van der Waals surface area contributed by atoms with Crippen LogP contribution in [0.2, 0.25) is 0 Å². The van der Waals surface area contributed by atoms with Gasteiger partial charge in [0.05, 0.1) is 18.0 Å². The van der Waals surface area contributed by atoms with Crippen molar-refractivity contribution in [2.75, 3.05) is 26.2 Å². The van der Waals surface area contributed by atoms with Crippen LogP contribution in [0.15, 0.2) is 78.0 Å². The molecule has 1 unspecified atom stereocenters. The Bertz CT molecular complexity index is 1090. The van der Waals surface area contributed by atoms with Crippen molar-refractivity contribution < 1.29 is 0 Å². The molecule has 1 aliphatic carbocycles. The fraction of sp³-hybridized carbons (Fsp3) is 0.200. The van der Waals surface area contributed by atoms with Crippen LogP contribution in [0.1, 0.15) is 34.0 Å². The first-order valence-electron chi connectivity index (χ1n) is 10.3. The van der Waals surface area contributed by atoms with E-state index >= 15 is 0 Å². The highest BCUT2D eigenvalue weighted by Gasteiger charge is 2.30. The van der Waals surface area contributed by atoms with Crippen molar-refractivity contribution in [3.8, 4) is 0 Å². The summed E-state index contributed by atoms with van der Waals surface area (Å²) in [5, 5.41) is 6.80. The highest BCUT2D eigenvalue weighted by molar-refractivity contribution is 9.15. The topological polar surface area (TPSA) is 31.7 Å². The summed E-state index contributed by atoms with van der Waals surface area (Å²) in [5.74, 6) is 0. The van der Waals surface area contributed by atoms with Gasteiger partial charge in [0.2, 0.25) is 0 Å². The third kappa shape index (κ3) is 3.83. The molecule has 1 fully saturated rings. The van der Waals surface area contributed by atoms with Crippen molar-refractivity contribution >= 4 is 32.7 Å². The van der Waals surface area contributed by atoms with Crippen LogP contribution in [-0.4, -0.2) is 47.3 Å². The molecule has 0 N–H and O–H groups in total. The van der Waals surface area contributed by atoms with Crippen LogP contribution >= 0.6 is 15.9 Å². The maximum Gasteiger partial charge on any atom is 0.0830 e. The average Bonchev–Trinajstić information content (AvgIpc) is 2.93. The summed E-state index contributed by atoms with van der Waals surface area (Å²) in [4.78, 5) is 6.91. The Morgan fingerprint density at radius 1 is 0.867 bits per heavy atom. The molecule has 1 saturated heterocycles. The van der Waals surface area contributed by atoms with E-state index < -0.39 is 0 Å². The maximum atomic E-state index is 4.65. The van der Waals surface area contributed by atoms with E-state index in [0.29, 0.717) is 0 Å². The maximum absolute atomic E-state index is 4.65. The number of piperazine rings is 1. The molecule has 3 aromatic rings. The van der Waals surface area contributed by atoms with Crippen molar-refractivity contribution in [1.29, 1.82) is 0 Å². The summed E-state index contributed by atoms with van der Waals surface area (Å²) in [6.07, 6.45) is 5.90. The average molecular weight is 459 g/mol. The fourth-order valence-electron chi connectivity index (χ4n) is 4.30. The zero-order chi connectivity index (χ0) is 20.3. The molecule has 2 aliphatic rings. The van der Waals surface area contributed by atoms with Gasteiger partial charge in [-0.1, -0.05) is 70.5 Å². The first-order chi connectivity index (χ1) is 14.8.